The molecule has 1 saturated carbocycles. The molecule has 2 atom stereocenters. The van der Waals surface area contributed by atoms with Crippen molar-refractivity contribution in [3.05, 3.63) is 41.5 Å². The van der Waals surface area contributed by atoms with E-state index in [-0.39, 0.29) is 0 Å². The fourth-order valence-electron chi connectivity index (χ4n) is 1.78. The monoisotopic (exact) mass is 201 g/mol. The van der Waals surface area contributed by atoms with Crippen molar-refractivity contribution in [1.29, 1.82) is 0 Å². The molecule has 0 saturated heterocycles. The number of hydrogen-bond donors (Lipinski definition) is 1. The summed E-state index contributed by atoms with van der Waals surface area (Å²) in [6, 6.07) is 11.3. The molecule has 0 aromatic heterocycles. The Morgan fingerprint density at radius 1 is 1.40 bits per heavy atom. The van der Waals surface area contributed by atoms with Gasteiger partial charge in [0.15, 0.2) is 0 Å². The summed E-state index contributed by atoms with van der Waals surface area (Å²) in [5, 5.41) is 3.56. The lowest BCUT2D eigenvalue weighted by molar-refractivity contribution is 0.692. The molecular formula is C14H19N. The Labute approximate surface area is 92.2 Å². The van der Waals surface area contributed by atoms with Crippen LogP contribution < -0.4 is 5.32 Å². The van der Waals surface area contributed by atoms with Gasteiger partial charge in [0.2, 0.25) is 0 Å². The van der Waals surface area contributed by atoms with E-state index in [1.807, 2.05) is 0 Å². The second-order valence-electron chi connectivity index (χ2n) is 4.60. The zero-order valence-corrected chi connectivity index (χ0v) is 9.53. The summed E-state index contributed by atoms with van der Waals surface area (Å²) in [6.45, 7) is 5.50. The first-order valence-corrected chi connectivity index (χ1v) is 5.71. The van der Waals surface area contributed by atoms with Crippen molar-refractivity contribution in [2.45, 2.75) is 26.3 Å². The van der Waals surface area contributed by atoms with Crippen LogP contribution in [0.25, 0.3) is 6.08 Å². The molecule has 0 spiro atoms. The average Bonchev–Trinajstić information content (AvgIpc) is 2.93. The number of rotatable bonds is 4. The van der Waals surface area contributed by atoms with Gasteiger partial charge in [-0.05, 0) is 24.8 Å². The Kier molecular flexibility index (Phi) is 3.22. The lowest BCUT2D eigenvalue weighted by Gasteiger charge is -2.03. The molecule has 1 heteroatoms. The van der Waals surface area contributed by atoms with Gasteiger partial charge < -0.3 is 5.32 Å². The highest BCUT2D eigenvalue weighted by atomic mass is 15.0. The highest BCUT2D eigenvalue weighted by Crippen LogP contribution is 2.28. The third-order valence-corrected chi connectivity index (χ3v) is 2.97. The van der Waals surface area contributed by atoms with Gasteiger partial charge in [-0.25, -0.2) is 0 Å². The Morgan fingerprint density at radius 3 is 2.67 bits per heavy atom. The molecule has 0 bridgehead atoms. The first-order valence-electron chi connectivity index (χ1n) is 5.71. The summed E-state index contributed by atoms with van der Waals surface area (Å²) in [6.07, 6.45) is 3.60. The van der Waals surface area contributed by atoms with Gasteiger partial charge in [-0.2, -0.15) is 0 Å². The van der Waals surface area contributed by atoms with Crippen LogP contribution in [0, 0.1) is 5.92 Å². The molecule has 1 N–H and O–H groups in total. The third kappa shape index (κ3) is 3.21. The first kappa shape index (κ1) is 10.4. The van der Waals surface area contributed by atoms with Crippen molar-refractivity contribution in [3.63, 3.8) is 0 Å². The van der Waals surface area contributed by atoms with E-state index in [1.165, 1.54) is 17.6 Å². The van der Waals surface area contributed by atoms with Gasteiger partial charge in [0.05, 0.1) is 0 Å². The Balaban J connectivity index is 1.84. The van der Waals surface area contributed by atoms with Gasteiger partial charge >= 0.3 is 0 Å². The topological polar surface area (TPSA) is 12.0 Å². The molecule has 15 heavy (non-hydrogen) atoms. The van der Waals surface area contributed by atoms with Crippen LogP contribution in [-0.2, 0) is 0 Å². The summed E-state index contributed by atoms with van der Waals surface area (Å²) in [5.74, 6) is 0.884. The number of benzene rings is 1. The van der Waals surface area contributed by atoms with Crippen molar-refractivity contribution in [3.8, 4) is 0 Å². The van der Waals surface area contributed by atoms with E-state index < -0.39 is 0 Å². The van der Waals surface area contributed by atoms with E-state index in [2.05, 4.69) is 55.6 Å². The Hall–Kier alpha value is -1.08. The SMILES string of the molecule is C/C(=C\c1ccccc1)CNC1CC1C. The quantitative estimate of drug-likeness (QED) is 0.789. The zero-order chi connectivity index (χ0) is 10.7. The normalized spacial score (nSPS) is 25.3. The van der Waals surface area contributed by atoms with E-state index >= 15 is 0 Å². The number of nitrogens with one attached hydrogen (secondary N) is 1. The average molecular weight is 201 g/mol. The summed E-state index contributed by atoms with van der Waals surface area (Å²) in [5.41, 5.74) is 2.70. The maximum absolute atomic E-state index is 3.56. The van der Waals surface area contributed by atoms with Gasteiger partial charge in [0.25, 0.3) is 0 Å². The minimum atomic E-state index is 0.768. The Bertz CT molecular complexity index is 340. The van der Waals surface area contributed by atoms with E-state index in [9.17, 15) is 0 Å². The lowest BCUT2D eigenvalue weighted by atomic mass is 10.1. The van der Waals surface area contributed by atoms with Crippen LogP contribution in [0.15, 0.2) is 35.9 Å². The molecular weight excluding hydrogens is 182 g/mol. The van der Waals surface area contributed by atoms with Crippen LogP contribution in [0.4, 0.5) is 0 Å². The summed E-state index contributed by atoms with van der Waals surface area (Å²) >= 11 is 0. The Morgan fingerprint density at radius 2 is 2.07 bits per heavy atom. The van der Waals surface area contributed by atoms with Crippen molar-refractivity contribution in [2.75, 3.05) is 6.54 Å². The van der Waals surface area contributed by atoms with E-state index in [0.717, 1.165) is 18.5 Å². The molecule has 0 heterocycles. The minimum absolute atomic E-state index is 0.768. The van der Waals surface area contributed by atoms with Gasteiger partial charge in [-0.15, -0.1) is 0 Å². The summed E-state index contributed by atoms with van der Waals surface area (Å²) in [7, 11) is 0. The standard InChI is InChI=1S/C14H19N/c1-11(10-15-14-9-12(14)2)8-13-6-4-3-5-7-13/h3-8,12,14-15H,9-10H2,1-2H3/b11-8+. The van der Waals surface area contributed by atoms with Crippen LogP contribution in [0.2, 0.25) is 0 Å². The van der Waals surface area contributed by atoms with E-state index in [1.54, 1.807) is 0 Å². The smallest absolute Gasteiger partial charge is 0.0167 e. The van der Waals surface area contributed by atoms with Crippen molar-refractivity contribution >= 4 is 6.08 Å². The molecule has 1 nitrogen and oxygen atoms in total. The highest BCUT2D eigenvalue weighted by molar-refractivity contribution is 5.52. The summed E-state index contributed by atoms with van der Waals surface area (Å²) in [4.78, 5) is 0. The molecule has 0 aliphatic heterocycles. The summed E-state index contributed by atoms with van der Waals surface area (Å²) < 4.78 is 0. The molecule has 0 radical (unpaired) electrons. The molecule has 1 fully saturated rings. The maximum atomic E-state index is 3.56. The van der Waals surface area contributed by atoms with Crippen molar-refractivity contribution < 1.29 is 0 Å². The fourth-order valence-corrected chi connectivity index (χ4v) is 1.78. The molecule has 80 valence electrons. The second kappa shape index (κ2) is 4.63. The van der Waals surface area contributed by atoms with Crippen LogP contribution in [0.3, 0.4) is 0 Å². The van der Waals surface area contributed by atoms with Gasteiger partial charge in [0.1, 0.15) is 0 Å². The van der Waals surface area contributed by atoms with Gasteiger partial charge in [0, 0.05) is 12.6 Å². The molecule has 0 amide bonds. The third-order valence-electron chi connectivity index (χ3n) is 2.97. The second-order valence-corrected chi connectivity index (χ2v) is 4.60. The van der Waals surface area contributed by atoms with Gasteiger partial charge in [-0.1, -0.05) is 48.9 Å². The van der Waals surface area contributed by atoms with Gasteiger partial charge in [-0.3, -0.25) is 0 Å². The lowest BCUT2D eigenvalue weighted by Crippen LogP contribution is -2.19. The van der Waals surface area contributed by atoms with Crippen LogP contribution in [0.5, 0.6) is 0 Å². The number of hydrogen-bond acceptors (Lipinski definition) is 1. The minimum Gasteiger partial charge on any atom is -0.310 e. The zero-order valence-electron chi connectivity index (χ0n) is 9.53. The van der Waals surface area contributed by atoms with Crippen molar-refractivity contribution in [1.82, 2.24) is 5.32 Å². The predicted molar refractivity (Wildman–Crippen MR) is 65.7 cm³/mol. The molecule has 1 aromatic carbocycles. The van der Waals surface area contributed by atoms with E-state index in [4.69, 9.17) is 0 Å². The highest BCUT2D eigenvalue weighted by Gasteiger charge is 2.31. The van der Waals surface area contributed by atoms with Crippen LogP contribution >= 0.6 is 0 Å². The van der Waals surface area contributed by atoms with Crippen LogP contribution in [0.1, 0.15) is 25.8 Å². The first-order chi connectivity index (χ1) is 7.25. The molecule has 1 aliphatic rings. The van der Waals surface area contributed by atoms with Crippen LogP contribution in [-0.4, -0.2) is 12.6 Å². The maximum Gasteiger partial charge on any atom is 0.0167 e. The molecule has 1 aliphatic carbocycles. The van der Waals surface area contributed by atoms with Crippen molar-refractivity contribution in [2.24, 2.45) is 5.92 Å². The fraction of sp³-hybridized carbons (Fsp3) is 0.429. The predicted octanol–water partition coefficient (Wildman–Crippen LogP) is 3.09. The molecule has 2 rings (SSSR count). The largest absolute Gasteiger partial charge is 0.310 e. The molecule has 1 aromatic rings. The van der Waals surface area contributed by atoms with E-state index in [0.29, 0.717) is 0 Å². The molecule has 2 unspecified atom stereocenters.